The Bertz CT molecular complexity index is 5550. The molecule has 0 saturated carbocycles. The molecule has 0 saturated heterocycles. The van der Waals surface area contributed by atoms with Crippen LogP contribution in [0.5, 0.6) is 0 Å². The first-order chi connectivity index (χ1) is 43.3. The Balaban J connectivity index is 0.000000147. The van der Waals surface area contributed by atoms with E-state index in [0.29, 0.717) is 0 Å². The molecule has 0 spiro atoms. The first kappa shape index (κ1) is 53.2. The van der Waals surface area contributed by atoms with Gasteiger partial charge in [0.25, 0.3) is 0 Å². The summed E-state index contributed by atoms with van der Waals surface area (Å²) in [5, 5.41) is 9.61. The standard InChI is InChI=1S/C47H36N2O.C34H22N4.CH4/c1-47(2,3)29-30-17-21-43-37(25-30)38-26-31(18-22-44(38)48(43)33-11-5-4-6-12-33)32-19-23-45-39(27-32)40-28-34(20-24-46(40)50-45)49-41-15-9-7-13-35(41)36-14-8-10-16-42(36)49;1-3-9-25(10-4-1)37-29-17-15-23(21-27(29)33-31(37)13-7-19-35-33)24-16-18-30-28(22-24)34-32(14-8-20-36-34)38(30)26-11-5-2-6-12-26;/h4-28H,29H2,1-3H3;1-22H;1H4. The SMILES string of the molecule is C.CC(C)(C)Cc1ccc2c(c1)c1cc(-c3ccc4oc5ccc(-n6c7ccccc7c7ccccc76)cc5c4c3)ccc1n2-c1ccccc1.c1ccc(-n2c3ccc(-c4ccc5c(c4)c4ncccc4n5-c4ccccc4)cc3c3ncccc32)cc1. The van der Waals surface area contributed by atoms with Crippen molar-refractivity contribution in [3.63, 3.8) is 0 Å². The molecule has 426 valence electrons. The quantitative estimate of drug-likeness (QED) is 0.160. The molecule has 89 heavy (non-hydrogen) atoms. The number of benzene rings is 11. The highest BCUT2D eigenvalue weighted by Crippen LogP contribution is 2.42. The predicted octanol–water partition coefficient (Wildman–Crippen LogP) is 22.0. The van der Waals surface area contributed by atoms with Crippen LogP contribution in [0, 0.1) is 5.41 Å². The molecule has 11 aromatic carbocycles. The molecule has 0 aliphatic carbocycles. The normalized spacial score (nSPS) is 11.9. The van der Waals surface area contributed by atoms with Gasteiger partial charge in [0.05, 0.1) is 55.2 Å². The van der Waals surface area contributed by atoms with Crippen molar-refractivity contribution in [2.75, 3.05) is 0 Å². The number of hydrogen-bond acceptors (Lipinski definition) is 3. The number of hydrogen-bond donors (Lipinski definition) is 0. The van der Waals surface area contributed by atoms with Gasteiger partial charge in [0.1, 0.15) is 11.2 Å². The molecule has 7 aromatic heterocycles. The van der Waals surface area contributed by atoms with Crippen LogP contribution in [0.3, 0.4) is 0 Å². The lowest BCUT2D eigenvalue weighted by molar-refractivity contribution is 0.411. The zero-order valence-electron chi connectivity index (χ0n) is 48.9. The van der Waals surface area contributed by atoms with Gasteiger partial charge < -0.3 is 22.7 Å². The van der Waals surface area contributed by atoms with Crippen LogP contribution in [0.15, 0.2) is 290 Å². The molecule has 7 heteroatoms. The number of nitrogens with zero attached hydrogens (tertiary/aromatic N) is 6. The van der Waals surface area contributed by atoms with Crippen molar-refractivity contribution in [1.29, 1.82) is 0 Å². The van der Waals surface area contributed by atoms with Crippen LogP contribution in [0.25, 0.3) is 154 Å². The van der Waals surface area contributed by atoms with E-state index >= 15 is 0 Å². The maximum absolute atomic E-state index is 6.41. The molecule has 0 bridgehead atoms. The Morgan fingerprint density at radius 1 is 0.292 bits per heavy atom. The fourth-order valence-electron chi connectivity index (χ4n) is 13.9. The number of aromatic nitrogens is 6. The second-order valence-corrected chi connectivity index (χ2v) is 24.4. The average molecular weight is 1150 g/mol. The predicted molar refractivity (Wildman–Crippen MR) is 374 cm³/mol. The molecule has 0 fully saturated rings. The van der Waals surface area contributed by atoms with Gasteiger partial charge in [-0.2, -0.15) is 0 Å². The first-order valence-electron chi connectivity index (χ1n) is 30.2. The zero-order chi connectivity index (χ0) is 58.6. The smallest absolute Gasteiger partial charge is 0.135 e. The summed E-state index contributed by atoms with van der Waals surface area (Å²) in [5.41, 5.74) is 24.0. The summed E-state index contributed by atoms with van der Waals surface area (Å²) in [7, 11) is 0. The second kappa shape index (κ2) is 21.0. The molecule has 7 nitrogen and oxygen atoms in total. The highest BCUT2D eigenvalue weighted by Gasteiger charge is 2.21. The molecule has 0 atom stereocenters. The second-order valence-electron chi connectivity index (χ2n) is 24.4. The number of rotatable bonds is 7. The lowest BCUT2D eigenvalue weighted by Crippen LogP contribution is -2.08. The third-order valence-corrected chi connectivity index (χ3v) is 17.6. The number of fused-ring (bicyclic) bond motifs is 15. The molecule has 0 unspecified atom stereocenters. The largest absolute Gasteiger partial charge is 0.456 e. The maximum Gasteiger partial charge on any atom is 0.135 e. The highest BCUT2D eigenvalue weighted by atomic mass is 16.3. The summed E-state index contributed by atoms with van der Waals surface area (Å²) in [5.74, 6) is 0. The maximum atomic E-state index is 6.41. The van der Waals surface area contributed by atoms with E-state index in [1.807, 2.05) is 36.7 Å². The van der Waals surface area contributed by atoms with Crippen molar-refractivity contribution in [3.05, 3.63) is 291 Å². The molecule has 0 aliphatic rings. The summed E-state index contributed by atoms with van der Waals surface area (Å²) < 4.78 is 15.8. The molecular formula is C82H62N6O. The van der Waals surface area contributed by atoms with E-state index in [2.05, 4.69) is 288 Å². The van der Waals surface area contributed by atoms with Crippen molar-refractivity contribution >= 4 is 109 Å². The van der Waals surface area contributed by atoms with Gasteiger partial charge >= 0.3 is 0 Å². The third kappa shape index (κ3) is 8.87. The van der Waals surface area contributed by atoms with Gasteiger partial charge in [0.2, 0.25) is 0 Å². The van der Waals surface area contributed by atoms with Crippen LogP contribution in [-0.2, 0) is 6.42 Å². The molecule has 0 amide bonds. The van der Waals surface area contributed by atoms with Gasteiger partial charge in [-0.05, 0) is 191 Å². The van der Waals surface area contributed by atoms with Crippen molar-refractivity contribution in [3.8, 4) is 45.0 Å². The summed E-state index contributed by atoms with van der Waals surface area (Å²) in [6, 6.07) is 97.9. The summed E-state index contributed by atoms with van der Waals surface area (Å²) >= 11 is 0. The summed E-state index contributed by atoms with van der Waals surface area (Å²) in [4.78, 5) is 9.57. The van der Waals surface area contributed by atoms with Crippen LogP contribution < -0.4 is 0 Å². The van der Waals surface area contributed by atoms with Crippen LogP contribution in [0.1, 0.15) is 33.8 Å². The van der Waals surface area contributed by atoms with Crippen molar-refractivity contribution in [2.24, 2.45) is 5.41 Å². The Morgan fingerprint density at radius 2 is 0.652 bits per heavy atom. The van der Waals surface area contributed by atoms with Gasteiger partial charge in [-0.3, -0.25) is 9.97 Å². The molecule has 7 heterocycles. The van der Waals surface area contributed by atoms with Crippen LogP contribution in [0.2, 0.25) is 0 Å². The first-order valence-corrected chi connectivity index (χ1v) is 30.2. The number of furan rings is 1. The number of para-hydroxylation sites is 5. The minimum atomic E-state index is 0. The average Bonchev–Trinajstić information content (AvgIpc) is 1.74. The molecule has 0 N–H and O–H groups in total. The number of pyridine rings is 2. The van der Waals surface area contributed by atoms with E-state index in [-0.39, 0.29) is 12.8 Å². The molecule has 18 rings (SSSR count). The van der Waals surface area contributed by atoms with E-state index in [1.165, 1.54) is 66.0 Å². The summed E-state index contributed by atoms with van der Waals surface area (Å²) in [6.45, 7) is 6.93. The highest BCUT2D eigenvalue weighted by molar-refractivity contribution is 6.14. The topological polar surface area (TPSA) is 58.6 Å². The Hall–Kier alpha value is -11.3. The van der Waals surface area contributed by atoms with Gasteiger partial charge in [-0.25, -0.2) is 0 Å². The van der Waals surface area contributed by atoms with E-state index in [1.54, 1.807) is 0 Å². The van der Waals surface area contributed by atoms with Gasteiger partial charge in [0, 0.05) is 78.2 Å². The van der Waals surface area contributed by atoms with Crippen LogP contribution >= 0.6 is 0 Å². The van der Waals surface area contributed by atoms with Crippen molar-refractivity contribution < 1.29 is 4.42 Å². The minimum Gasteiger partial charge on any atom is -0.456 e. The van der Waals surface area contributed by atoms with Crippen LogP contribution in [0.4, 0.5) is 0 Å². The molecule has 18 aromatic rings. The van der Waals surface area contributed by atoms with E-state index in [9.17, 15) is 0 Å². The monoisotopic (exact) mass is 1150 g/mol. The molecule has 0 radical (unpaired) electrons. The fraction of sp³-hybridized carbons (Fsp3) is 0.0732. The Kier molecular flexibility index (Phi) is 12.6. The Morgan fingerprint density at radius 3 is 1.16 bits per heavy atom. The van der Waals surface area contributed by atoms with Gasteiger partial charge in [0.15, 0.2) is 0 Å². The van der Waals surface area contributed by atoms with Gasteiger partial charge in [-0.1, -0.05) is 150 Å². The molecular weight excluding hydrogens is 1080 g/mol. The van der Waals surface area contributed by atoms with Gasteiger partial charge in [-0.15, -0.1) is 0 Å². The fourth-order valence-corrected chi connectivity index (χ4v) is 13.9. The lowest BCUT2D eigenvalue weighted by atomic mass is 9.87. The van der Waals surface area contributed by atoms with E-state index in [4.69, 9.17) is 14.4 Å². The van der Waals surface area contributed by atoms with E-state index in [0.717, 1.165) is 100 Å². The van der Waals surface area contributed by atoms with E-state index < -0.39 is 0 Å². The molecule has 0 aliphatic heterocycles. The van der Waals surface area contributed by atoms with Crippen molar-refractivity contribution in [1.82, 2.24) is 28.2 Å². The van der Waals surface area contributed by atoms with Crippen LogP contribution in [-0.4, -0.2) is 28.2 Å². The summed E-state index contributed by atoms with van der Waals surface area (Å²) in [6.07, 6.45) is 4.78. The lowest BCUT2D eigenvalue weighted by Gasteiger charge is -2.18. The minimum absolute atomic E-state index is 0. The third-order valence-electron chi connectivity index (χ3n) is 17.6. The van der Waals surface area contributed by atoms with Crippen molar-refractivity contribution in [2.45, 2.75) is 34.6 Å². The zero-order valence-corrected chi connectivity index (χ0v) is 48.9. The Labute approximate surface area is 515 Å².